The normalized spacial score (nSPS) is 10.6. The SMILES string of the molecule is CCN(C(=O)Sc1cccc(C(=O)NOC(C)C)c1)c1ccccn1. The van der Waals surface area contributed by atoms with Gasteiger partial charge < -0.3 is 0 Å². The fourth-order valence-electron chi connectivity index (χ4n) is 1.99. The minimum atomic E-state index is -0.347. The molecule has 0 bridgehead atoms. The summed E-state index contributed by atoms with van der Waals surface area (Å²) in [5.41, 5.74) is 2.82. The average molecular weight is 359 g/mol. The quantitative estimate of drug-likeness (QED) is 0.626. The zero-order valence-electron chi connectivity index (χ0n) is 14.4. The molecule has 0 aliphatic heterocycles. The van der Waals surface area contributed by atoms with Crippen LogP contribution in [0.25, 0.3) is 0 Å². The Morgan fingerprint density at radius 2 is 2.04 bits per heavy atom. The van der Waals surface area contributed by atoms with Crippen LogP contribution in [0.15, 0.2) is 53.6 Å². The van der Waals surface area contributed by atoms with Crippen LogP contribution in [0.2, 0.25) is 0 Å². The summed E-state index contributed by atoms with van der Waals surface area (Å²) in [6.07, 6.45) is 1.54. The average Bonchev–Trinajstić information content (AvgIpc) is 2.61. The van der Waals surface area contributed by atoms with Crippen molar-refractivity contribution in [1.82, 2.24) is 10.5 Å². The van der Waals surface area contributed by atoms with E-state index in [1.54, 1.807) is 47.5 Å². The zero-order valence-corrected chi connectivity index (χ0v) is 15.2. The molecule has 2 rings (SSSR count). The van der Waals surface area contributed by atoms with Crippen LogP contribution in [0.3, 0.4) is 0 Å². The summed E-state index contributed by atoms with van der Waals surface area (Å²) in [5, 5.41) is -0.155. The highest BCUT2D eigenvalue weighted by molar-refractivity contribution is 8.14. The molecule has 6 nitrogen and oxygen atoms in total. The number of amides is 2. The molecule has 132 valence electrons. The van der Waals surface area contributed by atoms with Crippen molar-refractivity contribution in [3.63, 3.8) is 0 Å². The van der Waals surface area contributed by atoms with Crippen molar-refractivity contribution >= 4 is 28.7 Å². The van der Waals surface area contributed by atoms with E-state index < -0.39 is 0 Å². The number of thioether (sulfide) groups is 1. The van der Waals surface area contributed by atoms with Gasteiger partial charge in [0.05, 0.1) is 6.10 Å². The number of benzene rings is 1. The van der Waals surface area contributed by atoms with Crippen LogP contribution in [-0.2, 0) is 4.84 Å². The van der Waals surface area contributed by atoms with E-state index in [-0.39, 0.29) is 17.3 Å². The third-order valence-electron chi connectivity index (χ3n) is 3.15. The predicted molar refractivity (Wildman–Crippen MR) is 98.6 cm³/mol. The highest BCUT2D eigenvalue weighted by Gasteiger charge is 2.17. The molecule has 7 heteroatoms. The maximum atomic E-state index is 12.6. The van der Waals surface area contributed by atoms with Gasteiger partial charge in [-0.05, 0) is 62.9 Å². The Kier molecular flexibility index (Phi) is 6.97. The van der Waals surface area contributed by atoms with Gasteiger partial charge in [0.1, 0.15) is 5.82 Å². The van der Waals surface area contributed by atoms with Gasteiger partial charge in [-0.25, -0.2) is 10.5 Å². The van der Waals surface area contributed by atoms with Gasteiger partial charge in [0, 0.05) is 23.2 Å². The van der Waals surface area contributed by atoms with Crippen molar-refractivity contribution in [2.45, 2.75) is 31.8 Å². The second-order valence-electron chi connectivity index (χ2n) is 5.43. The molecular weight excluding hydrogens is 338 g/mol. The summed E-state index contributed by atoms with van der Waals surface area (Å²) in [6, 6.07) is 12.3. The van der Waals surface area contributed by atoms with Crippen LogP contribution >= 0.6 is 11.8 Å². The molecule has 0 aliphatic carbocycles. The summed E-state index contributed by atoms with van der Waals surface area (Å²) >= 11 is 1.05. The highest BCUT2D eigenvalue weighted by Crippen LogP contribution is 2.25. The number of nitrogens with zero attached hydrogens (tertiary/aromatic N) is 2. The number of anilines is 1. The number of pyridine rings is 1. The summed E-state index contributed by atoms with van der Waals surface area (Å²) in [7, 11) is 0. The molecular formula is C18H21N3O3S. The molecule has 0 saturated heterocycles. The first kappa shape index (κ1) is 19.0. The second-order valence-corrected chi connectivity index (χ2v) is 6.45. The fraction of sp³-hybridized carbons (Fsp3) is 0.278. The first-order valence-corrected chi connectivity index (χ1v) is 8.79. The van der Waals surface area contributed by atoms with E-state index in [4.69, 9.17) is 4.84 Å². The van der Waals surface area contributed by atoms with Crippen molar-refractivity contribution in [3.05, 3.63) is 54.2 Å². The number of aromatic nitrogens is 1. The minimum Gasteiger partial charge on any atom is -0.288 e. The molecule has 0 atom stereocenters. The lowest BCUT2D eigenvalue weighted by Gasteiger charge is -2.19. The molecule has 1 aromatic heterocycles. The number of carbonyl (C=O) groups excluding carboxylic acids is 2. The largest absolute Gasteiger partial charge is 0.292 e. The molecule has 0 aliphatic rings. The Morgan fingerprint density at radius 3 is 2.68 bits per heavy atom. The molecule has 1 N–H and O–H groups in total. The molecule has 0 spiro atoms. The Balaban J connectivity index is 2.08. The van der Waals surface area contributed by atoms with Crippen molar-refractivity contribution in [1.29, 1.82) is 0 Å². The molecule has 0 saturated carbocycles. The second kappa shape index (κ2) is 9.19. The van der Waals surface area contributed by atoms with E-state index in [1.165, 1.54) is 0 Å². The summed E-state index contributed by atoms with van der Waals surface area (Å²) < 4.78 is 0. The lowest BCUT2D eigenvalue weighted by atomic mass is 10.2. The van der Waals surface area contributed by atoms with Gasteiger partial charge in [-0.2, -0.15) is 0 Å². The molecule has 2 amide bonds. The Labute approximate surface area is 151 Å². The first-order chi connectivity index (χ1) is 12.0. The standard InChI is InChI=1S/C18H21N3O3S/c1-4-21(16-10-5-6-11-19-16)18(23)25-15-9-7-8-14(12-15)17(22)20-24-13(2)3/h5-13H,4H2,1-3H3,(H,20,22). The third kappa shape index (κ3) is 5.58. The molecule has 1 heterocycles. The van der Waals surface area contributed by atoms with Gasteiger partial charge in [-0.1, -0.05) is 12.1 Å². The van der Waals surface area contributed by atoms with Gasteiger partial charge >= 0.3 is 0 Å². The maximum Gasteiger partial charge on any atom is 0.292 e. The lowest BCUT2D eigenvalue weighted by molar-refractivity contribution is 0.000175. The maximum absolute atomic E-state index is 12.6. The monoisotopic (exact) mass is 359 g/mol. The summed E-state index contributed by atoms with van der Waals surface area (Å²) in [6.45, 7) is 6.04. The van der Waals surface area contributed by atoms with Crippen molar-refractivity contribution in [2.24, 2.45) is 0 Å². The number of hydrogen-bond acceptors (Lipinski definition) is 5. The molecule has 2 aromatic rings. The Hall–Kier alpha value is -2.38. The summed E-state index contributed by atoms with van der Waals surface area (Å²) in [4.78, 5) is 36.2. The lowest BCUT2D eigenvalue weighted by Crippen LogP contribution is -2.28. The van der Waals surface area contributed by atoms with Crippen LogP contribution in [0.4, 0.5) is 10.6 Å². The van der Waals surface area contributed by atoms with E-state index >= 15 is 0 Å². The number of hydroxylamine groups is 1. The van der Waals surface area contributed by atoms with E-state index in [2.05, 4.69) is 10.5 Å². The number of rotatable bonds is 6. The van der Waals surface area contributed by atoms with Crippen LogP contribution < -0.4 is 10.4 Å². The van der Waals surface area contributed by atoms with E-state index in [0.717, 1.165) is 11.8 Å². The van der Waals surface area contributed by atoms with Crippen molar-refractivity contribution in [3.8, 4) is 0 Å². The molecule has 25 heavy (non-hydrogen) atoms. The van der Waals surface area contributed by atoms with Gasteiger partial charge in [-0.15, -0.1) is 0 Å². The van der Waals surface area contributed by atoms with Crippen LogP contribution in [0.5, 0.6) is 0 Å². The molecule has 0 fully saturated rings. The highest BCUT2D eigenvalue weighted by atomic mass is 32.2. The predicted octanol–water partition coefficient (Wildman–Crippen LogP) is 3.89. The topological polar surface area (TPSA) is 71.5 Å². The third-order valence-corrected chi connectivity index (χ3v) is 4.04. The number of nitrogens with one attached hydrogen (secondary N) is 1. The van der Waals surface area contributed by atoms with Crippen LogP contribution in [-0.4, -0.2) is 28.8 Å². The summed E-state index contributed by atoms with van der Waals surface area (Å²) in [5.74, 6) is 0.252. The molecule has 1 aromatic carbocycles. The Morgan fingerprint density at radius 1 is 1.24 bits per heavy atom. The minimum absolute atomic E-state index is 0.112. The fourth-order valence-corrected chi connectivity index (χ4v) is 2.85. The van der Waals surface area contributed by atoms with E-state index in [1.807, 2.05) is 26.8 Å². The number of carbonyl (C=O) groups is 2. The van der Waals surface area contributed by atoms with Crippen molar-refractivity contribution in [2.75, 3.05) is 11.4 Å². The van der Waals surface area contributed by atoms with Crippen molar-refractivity contribution < 1.29 is 14.4 Å². The van der Waals surface area contributed by atoms with Gasteiger partial charge in [-0.3, -0.25) is 19.3 Å². The van der Waals surface area contributed by atoms with Gasteiger partial charge in [0.25, 0.3) is 11.1 Å². The molecule has 0 unspecified atom stereocenters. The molecule has 0 radical (unpaired) electrons. The van der Waals surface area contributed by atoms with Crippen LogP contribution in [0.1, 0.15) is 31.1 Å². The Bertz CT molecular complexity index is 723. The van der Waals surface area contributed by atoms with Gasteiger partial charge in [0.15, 0.2) is 0 Å². The van der Waals surface area contributed by atoms with E-state index in [0.29, 0.717) is 22.8 Å². The van der Waals surface area contributed by atoms with Crippen LogP contribution in [0, 0.1) is 0 Å². The first-order valence-electron chi connectivity index (χ1n) is 7.97. The number of hydrogen-bond donors (Lipinski definition) is 1. The van der Waals surface area contributed by atoms with Gasteiger partial charge in [0.2, 0.25) is 0 Å². The zero-order chi connectivity index (χ0) is 18.2. The van der Waals surface area contributed by atoms with E-state index in [9.17, 15) is 9.59 Å². The smallest absolute Gasteiger partial charge is 0.288 e.